The van der Waals surface area contributed by atoms with Gasteiger partial charge in [0.25, 0.3) is 0 Å². The Morgan fingerprint density at radius 3 is 2.25 bits per heavy atom. The van der Waals surface area contributed by atoms with Crippen molar-refractivity contribution in [3.8, 4) is 0 Å². The summed E-state index contributed by atoms with van der Waals surface area (Å²) in [6.07, 6.45) is -0.355. The number of ether oxygens (including phenoxy) is 1. The third kappa shape index (κ3) is 6.14. The van der Waals surface area contributed by atoms with Crippen molar-refractivity contribution in [2.75, 3.05) is 13.1 Å². The van der Waals surface area contributed by atoms with Crippen LogP contribution in [0.2, 0.25) is 0 Å². The summed E-state index contributed by atoms with van der Waals surface area (Å²) in [5.74, 6) is -0.635. The molecule has 0 fully saturated rings. The molecule has 0 saturated carbocycles. The monoisotopic (exact) mass is 468 g/mol. The van der Waals surface area contributed by atoms with Gasteiger partial charge in [-0.25, -0.2) is 4.79 Å². The van der Waals surface area contributed by atoms with Crippen molar-refractivity contribution in [1.82, 2.24) is 4.90 Å². The zero-order valence-corrected chi connectivity index (χ0v) is 18.6. The van der Waals surface area contributed by atoms with Crippen LogP contribution in [0.1, 0.15) is 48.3 Å². The number of hydrogen-bond acceptors (Lipinski definition) is 5. The summed E-state index contributed by atoms with van der Waals surface area (Å²) in [6.45, 7) is 7.38. The predicted octanol–water partition coefficient (Wildman–Crippen LogP) is 4.33. The lowest BCUT2D eigenvalue weighted by Gasteiger charge is -2.27. The molecule has 2 rings (SSSR count). The van der Waals surface area contributed by atoms with Crippen LogP contribution in [-0.4, -0.2) is 36.0 Å². The van der Waals surface area contributed by atoms with E-state index in [9.17, 15) is 9.59 Å². The number of benzene rings is 2. The standard InChI is InChI=1S/C21H25BrN2O3.ClH/c1-4-24(5-2)14(3)27-21(26)19(23)16-7-6-8-17(13-16)20(25)15-9-11-18(22)12-10-15;/h6-14,19H,4-5,23H2,1-3H3;1H. The molecule has 0 aromatic heterocycles. The Labute approximate surface area is 180 Å². The number of halogens is 2. The van der Waals surface area contributed by atoms with Gasteiger partial charge >= 0.3 is 5.97 Å². The van der Waals surface area contributed by atoms with Crippen LogP contribution in [0.4, 0.5) is 0 Å². The van der Waals surface area contributed by atoms with E-state index < -0.39 is 12.0 Å². The summed E-state index contributed by atoms with van der Waals surface area (Å²) in [6, 6.07) is 13.0. The molecule has 2 N–H and O–H groups in total. The van der Waals surface area contributed by atoms with Gasteiger partial charge in [0, 0.05) is 15.6 Å². The number of esters is 1. The highest BCUT2D eigenvalue weighted by molar-refractivity contribution is 9.10. The summed E-state index contributed by atoms with van der Waals surface area (Å²) in [5.41, 5.74) is 7.69. The fourth-order valence-corrected chi connectivity index (χ4v) is 3.10. The van der Waals surface area contributed by atoms with Crippen molar-refractivity contribution in [2.24, 2.45) is 5.73 Å². The van der Waals surface area contributed by atoms with Gasteiger partial charge in [0.1, 0.15) is 6.04 Å². The summed E-state index contributed by atoms with van der Waals surface area (Å²) in [7, 11) is 0. The van der Waals surface area contributed by atoms with E-state index in [-0.39, 0.29) is 24.4 Å². The lowest BCUT2D eigenvalue weighted by atomic mass is 9.99. The van der Waals surface area contributed by atoms with Gasteiger partial charge in [0.05, 0.1) is 0 Å². The van der Waals surface area contributed by atoms with Crippen LogP contribution in [0.15, 0.2) is 53.0 Å². The van der Waals surface area contributed by atoms with Crippen molar-refractivity contribution >= 4 is 40.1 Å². The molecule has 2 aromatic carbocycles. The first-order valence-electron chi connectivity index (χ1n) is 8.97. The number of carbonyl (C=O) groups is 2. The summed E-state index contributed by atoms with van der Waals surface area (Å²) >= 11 is 3.35. The summed E-state index contributed by atoms with van der Waals surface area (Å²) < 4.78 is 6.38. The molecule has 0 aliphatic rings. The molecule has 0 aliphatic carbocycles. The molecule has 0 radical (unpaired) electrons. The minimum Gasteiger partial charge on any atom is -0.445 e. The van der Waals surface area contributed by atoms with Crippen LogP contribution in [0, 0.1) is 0 Å². The Morgan fingerprint density at radius 1 is 1.07 bits per heavy atom. The Bertz CT molecular complexity index is 794. The number of nitrogens with two attached hydrogens (primary N) is 1. The summed E-state index contributed by atoms with van der Waals surface area (Å²) in [4.78, 5) is 27.1. The van der Waals surface area contributed by atoms with E-state index in [2.05, 4.69) is 15.9 Å². The smallest absolute Gasteiger partial charge is 0.329 e. The van der Waals surface area contributed by atoms with Gasteiger partial charge in [-0.3, -0.25) is 9.69 Å². The molecule has 152 valence electrons. The van der Waals surface area contributed by atoms with Crippen molar-refractivity contribution in [3.05, 3.63) is 69.7 Å². The molecule has 28 heavy (non-hydrogen) atoms. The second-order valence-electron chi connectivity index (χ2n) is 6.20. The van der Waals surface area contributed by atoms with Gasteiger partial charge in [-0.2, -0.15) is 0 Å². The number of rotatable bonds is 8. The van der Waals surface area contributed by atoms with Crippen molar-refractivity contribution in [1.29, 1.82) is 0 Å². The van der Waals surface area contributed by atoms with Crippen molar-refractivity contribution in [2.45, 2.75) is 33.0 Å². The lowest BCUT2D eigenvalue weighted by Crippen LogP contribution is -2.38. The number of carbonyl (C=O) groups excluding carboxylic acids is 2. The lowest BCUT2D eigenvalue weighted by molar-refractivity contribution is -0.159. The molecular formula is C21H26BrClN2O3. The zero-order chi connectivity index (χ0) is 20.0. The third-order valence-corrected chi connectivity index (χ3v) is 5.01. The fraction of sp³-hybridized carbons (Fsp3) is 0.333. The SMILES string of the molecule is CCN(CC)C(C)OC(=O)C(N)c1cccc(C(=O)c2ccc(Br)cc2)c1.Cl. The van der Waals surface area contributed by atoms with Gasteiger partial charge < -0.3 is 10.5 Å². The van der Waals surface area contributed by atoms with Gasteiger partial charge in [0.15, 0.2) is 12.0 Å². The number of hydrogen-bond donors (Lipinski definition) is 1. The molecule has 0 heterocycles. The van der Waals surface area contributed by atoms with Crippen LogP contribution >= 0.6 is 28.3 Å². The highest BCUT2D eigenvalue weighted by Gasteiger charge is 2.23. The maximum absolute atomic E-state index is 12.7. The first-order chi connectivity index (χ1) is 12.9. The minimum atomic E-state index is -0.944. The van der Waals surface area contributed by atoms with Gasteiger partial charge in [-0.05, 0) is 55.9 Å². The van der Waals surface area contributed by atoms with E-state index in [1.165, 1.54) is 0 Å². The van der Waals surface area contributed by atoms with E-state index in [0.717, 1.165) is 17.6 Å². The van der Waals surface area contributed by atoms with E-state index in [1.54, 1.807) is 36.4 Å². The Hall–Kier alpha value is -1.73. The normalized spacial score (nSPS) is 12.8. The predicted molar refractivity (Wildman–Crippen MR) is 117 cm³/mol. The second-order valence-corrected chi connectivity index (χ2v) is 7.11. The highest BCUT2D eigenvalue weighted by Crippen LogP contribution is 2.19. The van der Waals surface area contributed by atoms with Gasteiger partial charge in [-0.1, -0.05) is 48.0 Å². The number of nitrogens with zero attached hydrogens (tertiary/aromatic N) is 1. The molecule has 0 aliphatic heterocycles. The van der Waals surface area contributed by atoms with Crippen LogP contribution in [0.3, 0.4) is 0 Å². The molecule has 0 amide bonds. The number of ketones is 1. The van der Waals surface area contributed by atoms with Gasteiger partial charge in [0.2, 0.25) is 0 Å². The van der Waals surface area contributed by atoms with Crippen LogP contribution in [-0.2, 0) is 9.53 Å². The molecule has 0 spiro atoms. The van der Waals surface area contributed by atoms with Crippen molar-refractivity contribution in [3.63, 3.8) is 0 Å². The first kappa shape index (κ1) is 24.3. The van der Waals surface area contributed by atoms with E-state index in [1.807, 2.05) is 37.8 Å². The van der Waals surface area contributed by atoms with Crippen LogP contribution in [0.5, 0.6) is 0 Å². The first-order valence-corrected chi connectivity index (χ1v) is 9.77. The maximum Gasteiger partial charge on any atom is 0.329 e. The second kappa shape index (κ2) is 11.3. The minimum absolute atomic E-state index is 0. The maximum atomic E-state index is 12.7. The van der Waals surface area contributed by atoms with Crippen LogP contribution in [0.25, 0.3) is 0 Å². The molecule has 2 atom stereocenters. The van der Waals surface area contributed by atoms with Gasteiger partial charge in [-0.15, -0.1) is 12.4 Å². The third-order valence-electron chi connectivity index (χ3n) is 4.48. The Balaban J connectivity index is 0.00000392. The molecule has 7 heteroatoms. The average Bonchev–Trinajstić information content (AvgIpc) is 2.68. The quantitative estimate of drug-likeness (QED) is 0.354. The molecular weight excluding hydrogens is 444 g/mol. The highest BCUT2D eigenvalue weighted by atomic mass is 79.9. The van der Waals surface area contributed by atoms with E-state index in [0.29, 0.717) is 16.7 Å². The van der Waals surface area contributed by atoms with Crippen molar-refractivity contribution < 1.29 is 14.3 Å². The largest absolute Gasteiger partial charge is 0.445 e. The molecule has 0 bridgehead atoms. The molecule has 2 aromatic rings. The van der Waals surface area contributed by atoms with Crippen LogP contribution < -0.4 is 5.73 Å². The van der Waals surface area contributed by atoms with E-state index in [4.69, 9.17) is 10.5 Å². The molecule has 5 nitrogen and oxygen atoms in total. The fourth-order valence-electron chi connectivity index (χ4n) is 2.83. The topological polar surface area (TPSA) is 72.6 Å². The molecule has 2 unspecified atom stereocenters. The average molecular weight is 470 g/mol. The zero-order valence-electron chi connectivity index (χ0n) is 16.2. The van der Waals surface area contributed by atoms with E-state index >= 15 is 0 Å². The Kier molecular flexibility index (Phi) is 9.82. The molecule has 0 saturated heterocycles. The Morgan fingerprint density at radius 2 is 1.68 bits per heavy atom. The summed E-state index contributed by atoms with van der Waals surface area (Å²) in [5, 5.41) is 0.